The second-order valence-corrected chi connectivity index (χ2v) is 15.7. The van der Waals surface area contributed by atoms with Crippen molar-refractivity contribution in [3.63, 3.8) is 0 Å². The summed E-state index contributed by atoms with van der Waals surface area (Å²) in [5.41, 5.74) is 0.258. The molecule has 44 heavy (non-hydrogen) atoms. The highest BCUT2D eigenvalue weighted by Gasteiger charge is 2.59. The van der Waals surface area contributed by atoms with Gasteiger partial charge in [0.1, 0.15) is 16.4 Å². The minimum atomic E-state index is -0.694. The van der Waals surface area contributed by atoms with Gasteiger partial charge < -0.3 is 29.3 Å². The molecule has 0 bridgehead atoms. The van der Waals surface area contributed by atoms with Crippen LogP contribution in [0.3, 0.4) is 0 Å². The van der Waals surface area contributed by atoms with Crippen molar-refractivity contribution in [1.82, 2.24) is 14.7 Å². The Kier molecular flexibility index (Phi) is 12.5. The highest BCUT2D eigenvalue weighted by molar-refractivity contribution is 6.64. The molecule has 2 aliphatic carbocycles. The van der Waals surface area contributed by atoms with Crippen molar-refractivity contribution in [2.45, 2.75) is 105 Å². The molecule has 2 saturated heterocycles. The van der Waals surface area contributed by atoms with Gasteiger partial charge in [-0.3, -0.25) is 9.59 Å². The number of halogens is 2. The number of likely N-dealkylation sites (tertiary alicyclic amines) is 2. The number of carboxylic acid groups (broad SMARTS) is 1. The summed E-state index contributed by atoms with van der Waals surface area (Å²) in [6, 6.07) is 0. The second-order valence-electron chi connectivity index (χ2n) is 15.0. The number of allylic oxidation sites excluding steroid dienone is 1. The van der Waals surface area contributed by atoms with E-state index < -0.39 is 17.2 Å². The monoisotopic (exact) mass is 661 g/mol. The number of hydrogen-bond donors (Lipinski definition) is 1. The molecule has 2 heterocycles. The molecule has 1 N–H and O–H groups in total. The quantitative estimate of drug-likeness (QED) is 0.255. The average molecular weight is 663 g/mol. The van der Waals surface area contributed by atoms with E-state index in [9.17, 15) is 19.2 Å². The van der Waals surface area contributed by atoms with Crippen molar-refractivity contribution in [2.24, 2.45) is 22.7 Å². The third kappa shape index (κ3) is 11.0. The van der Waals surface area contributed by atoms with E-state index in [2.05, 4.69) is 0 Å². The Balaban J connectivity index is 0.000000248. The van der Waals surface area contributed by atoms with Crippen molar-refractivity contribution in [3.05, 3.63) is 10.7 Å². The lowest BCUT2D eigenvalue weighted by molar-refractivity contribution is -0.139. The third-order valence-electron chi connectivity index (χ3n) is 8.58. The van der Waals surface area contributed by atoms with E-state index in [0.717, 1.165) is 49.3 Å². The Hall–Kier alpha value is -2.20. The highest BCUT2D eigenvalue weighted by Crippen LogP contribution is 2.60. The van der Waals surface area contributed by atoms with Gasteiger partial charge in [0, 0.05) is 46.2 Å². The van der Waals surface area contributed by atoms with Crippen LogP contribution in [0, 0.1) is 22.7 Å². The van der Waals surface area contributed by atoms with Crippen molar-refractivity contribution in [2.75, 3.05) is 40.3 Å². The zero-order valence-electron chi connectivity index (χ0n) is 28.2. The lowest BCUT2D eigenvalue weighted by Gasteiger charge is -2.34. The van der Waals surface area contributed by atoms with E-state index in [4.69, 9.17) is 37.8 Å². The molecule has 12 heteroatoms. The average Bonchev–Trinajstić information content (AvgIpc) is 3.78. The van der Waals surface area contributed by atoms with Gasteiger partial charge in [0.05, 0.1) is 5.92 Å². The van der Waals surface area contributed by atoms with E-state index in [1.807, 2.05) is 74.4 Å². The second kappa shape index (κ2) is 14.5. The fourth-order valence-electron chi connectivity index (χ4n) is 5.84. The van der Waals surface area contributed by atoms with Crippen molar-refractivity contribution in [1.29, 1.82) is 0 Å². The summed E-state index contributed by atoms with van der Waals surface area (Å²) in [5, 5.41) is 9.60. The molecule has 2 unspecified atom stereocenters. The minimum Gasteiger partial charge on any atom is -0.481 e. The number of ether oxygens (including phenoxy) is 2. The lowest BCUT2D eigenvalue weighted by Crippen LogP contribution is -2.42. The first-order valence-corrected chi connectivity index (χ1v) is 16.2. The molecular weight excluding hydrogens is 609 g/mol. The Bertz CT molecular complexity index is 1020. The molecule has 2 saturated carbocycles. The van der Waals surface area contributed by atoms with Gasteiger partial charge in [-0.25, -0.2) is 9.59 Å². The number of piperidine rings is 2. The number of nitrogens with zero attached hydrogens (tertiary/aromatic N) is 3. The van der Waals surface area contributed by atoms with Crippen LogP contribution in [-0.2, 0) is 19.1 Å². The fourth-order valence-corrected chi connectivity index (χ4v) is 6.15. The van der Waals surface area contributed by atoms with Crippen LogP contribution in [-0.4, -0.2) is 94.7 Å². The summed E-state index contributed by atoms with van der Waals surface area (Å²) in [7, 11) is 3.85. The Morgan fingerprint density at radius 3 is 1.27 bits per heavy atom. The molecule has 0 aromatic carbocycles. The Morgan fingerprint density at radius 2 is 1.07 bits per heavy atom. The predicted molar refractivity (Wildman–Crippen MR) is 172 cm³/mol. The first kappa shape index (κ1) is 38.0. The predicted octanol–water partition coefficient (Wildman–Crippen LogP) is 6.94. The van der Waals surface area contributed by atoms with Crippen LogP contribution in [0.25, 0.3) is 0 Å². The van der Waals surface area contributed by atoms with Gasteiger partial charge in [0.2, 0.25) is 5.24 Å². The van der Waals surface area contributed by atoms with Crippen molar-refractivity contribution >= 4 is 46.6 Å². The summed E-state index contributed by atoms with van der Waals surface area (Å²) in [6.45, 7) is 17.6. The summed E-state index contributed by atoms with van der Waals surface area (Å²) >= 11 is 11.3. The van der Waals surface area contributed by atoms with E-state index in [-0.39, 0.29) is 40.1 Å². The van der Waals surface area contributed by atoms with Crippen molar-refractivity contribution in [3.8, 4) is 0 Å². The standard InChI is InChI=1S/C13H20ClNO3.C13H21NO4.C6H12ClN/c1-12(2,3)18-11(17)15-6-4-13(5-7-15)8-9(13)10(14)16;1-12(2,3)18-11(17)14-6-4-13(5-7-14)8-9(13)10(15)16;1-5(2)6(7)8(3)4/h9H,4-8H2,1-3H3;9H,4-8H2,1-3H3,(H,15,16);1-4H3. The van der Waals surface area contributed by atoms with Crippen LogP contribution in [0.2, 0.25) is 0 Å². The largest absolute Gasteiger partial charge is 0.481 e. The molecule has 4 rings (SSSR count). The first-order chi connectivity index (χ1) is 20.0. The highest BCUT2D eigenvalue weighted by atomic mass is 35.5. The zero-order chi connectivity index (χ0) is 33.8. The smallest absolute Gasteiger partial charge is 0.410 e. The van der Waals surface area contributed by atoms with Crippen molar-refractivity contribution < 1.29 is 33.8 Å². The number of carbonyl (C=O) groups is 4. The Morgan fingerprint density at radius 1 is 0.727 bits per heavy atom. The number of rotatable bonds is 3. The lowest BCUT2D eigenvalue weighted by atomic mass is 9.91. The van der Waals surface area contributed by atoms with Gasteiger partial charge in [0.25, 0.3) is 0 Å². The van der Waals surface area contributed by atoms with Gasteiger partial charge >= 0.3 is 18.2 Å². The first-order valence-electron chi connectivity index (χ1n) is 15.4. The number of carbonyl (C=O) groups excluding carboxylic acids is 3. The minimum absolute atomic E-state index is 0.0138. The molecule has 2 atom stereocenters. The summed E-state index contributed by atoms with van der Waals surface area (Å²) in [5.74, 6) is -0.876. The molecule has 4 fully saturated rings. The molecule has 2 spiro atoms. The van der Waals surface area contributed by atoms with Gasteiger partial charge in [-0.05, 0) is 122 Å². The summed E-state index contributed by atoms with van der Waals surface area (Å²) in [4.78, 5) is 51.1. The summed E-state index contributed by atoms with van der Waals surface area (Å²) < 4.78 is 10.6. The molecular formula is C32H53Cl2N3O7. The van der Waals surface area contributed by atoms with E-state index >= 15 is 0 Å². The maximum Gasteiger partial charge on any atom is 0.410 e. The molecule has 0 radical (unpaired) electrons. The normalized spacial score (nSPS) is 22.8. The van der Waals surface area contributed by atoms with Crippen LogP contribution in [0.4, 0.5) is 9.59 Å². The molecule has 10 nitrogen and oxygen atoms in total. The number of carboxylic acids is 1. The van der Waals surface area contributed by atoms with Crippen LogP contribution in [0.1, 0.15) is 93.9 Å². The topological polar surface area (TPSA) is 117 Å². The van der Waals surface area contributed by atoms with Gasteiger partial charge in [-0.1, -0.05) is 11.6 Å². The molecule has 2 aliphatic heterocycles. The number of hydrogen-bond acceptors (Lipinski definition) is 7. The number of amides is 2. The van der Waals surface area contributed by atoms with Gasteiger partial charge in [-0.2, -0.15) is 0 Å². The molecule has 4 aliphatic rings. The van der Waals surface area contributed by atoms with Crippen LogP contribution in [0.5, 0.6) is 0 Å². The SMILES string of the molecule is CC(C)(C)OC(=O)N1CCC2(CC1)CC2C(=O)Cl.CC(C)(C)OC(=O)N1CCC2(CC1)CC2C(=O)O.CC(C)=C(Cl)N(C)C. The summed E-state index contributed by atoms with van der Waals surface area (Å²) in [6.07, 6.45) is 4.38. The van der Waals surface area contributed by atoms with E-state index in [0.29, 0.717) is 26.2 Å². The maximum absolute atomic E-state index is 11.9. The molecule has 252 valence electrons. The Labute approximate surface area is 273 Å². The van der Waals surface area contributed by atoms with Gasteiger partial charge in [-0.15, -0.1) is 0 Å². The molecule has 2 amide bonds. The number of aliphatic carboxylic acids is 1. The van der Waals surface area contributed by atoms with Crippen LogP contribution < -0.4 is 0 Å². The van der Waals surface area contributed by atoms with Crippen LogP contribution in [0.15, 0.2) is 10.7 Å². The third-order valence-corrected chi connectivity index (χ3v) is 9.56. The van der Waals surface area contributed by atoms with E-state index in [1.165, 1.54) is 0 Å². The molecule has 0 aromatic rings. The molecule has 0 aromatic heterocycles. The van der Waals surface area contributed by atoms with E-state index in [1.54, 1.807) is 9.80 Å². The zero-order valence-corrected chi connectivity index (χ0v) is 29.7. The maximum atomic E-state index is 11.9. The fraction of sp³-hybridized carbons (Fsp3) is 0.812. The van der Waals surface area contributed by atoms with Gasteiger partial charge in [0.15, 0.2) is 0 Å². The van der Waals surface area contributed by atoms with Crippen LogP contribution >= 0.6 is 23.2 Å².